The van der Waals surface area contributed by atoms with Crippen molar-refractivity contribution in [2.45, 2.75) is 38.8 Å². The largest absolute Gasteiger partial charge is 0.376 e. The first-order chi connectivity index (χ1) is 7.70. The first-order valence-corrected chi connectivity index (χ1v) is 6.57. The molecule has 16 heavy (non-hydrogen) atoms. The third kappa shape index (κ3) is 2.60. The monoisotopic (exact) mass is 241 g/mol. The van der Waals surface area contributed by atoms with E-state index in [1.54, 1.807) is 11.3 Å². The highest BCUT2D eigenvalue weighted by atomic mass is 32.1. The molecule has 2 rings (SSSR count). The highest BCUT2D eigenvalue weighted by Gasteiger charge is 2.31. The fourth-order valence-corrected chi connectivity index (χ4v) is 3.02. The minimum Gasteiger partial charge on any atom is -0.376 e. The molecule has 1 aliphatic rings. The van der Waals surface area contributed by atoms with E-state index in [-0.39, 0.29) is 12.1 Å². The second kappa shape index (κ2) is 5.23. The Morgan fingerprint density at radius 2 is 2.56 bits per heavy atom. The van der Waals surface area contributed by atoms with Crippen LogP contribution < -0.4 is 11.3 Å². The summed E-state index contributed by atoms with van der Waals surface area (Å²) in [6, 6.07) is 0.169. The number of ether oxygens (including phenoxy) is 1. The quantitative estimate of drug-likeness (QED) is 0.615. The van der Waals surface area contributed by atoms with Crippen molar-refractivity contribution < 1.29 is 4.74 Å². The van der Waals surface area contributed by atoms with Gasteiger partial charge < -0.3 is 4.74 Å². The molecule has 1 saturated heterocycles. The van der Waals surface area contributed by atoms with Crippen molar-refractivity contribution in [2.75, 3.05) is 6.61 Å². The maximum Gasteiger partial charge on any atom is 0.0945 e. The second-order valence-electron chi connectivity index (χ2n) is 4.46. The van der Waals surface area contributed by atoms with Gasteiger partial charge in [-0.3, -0.25) is 11.3 Å². The maximum atomic E-state index is 5.73. The molecule has 90 valence electrons. The standard InChI is InChI=1S/C11H19N3OS/c1-7-3-4-15-11(7)9(14-12)5-10-13-8(2)6-16-10/h6-7,9,11,14H,3-5,12H2,1-2H3. The van der Waals surface area contributed by atoms with E-state index in [1.165, 1.54) is 0 Å². The highest BCUT2D eigenvalue weighted by Crippen LogP contribution is 2.25. The molecule has 5 heteroatoms. The van der Waals surface area contributed by atoms with Gasteiger partial charge in [-0.2, -0.15) is 0 Å². The number of hydrogen-bond donors (Lipinski definition) is 2. The summed E-state index contributed by atoms with van der Waals surface area (Å²) in [5.41, 5.74) is 3.95. The summed E-state index contributed by atoms with van der Waals surface area (Å²) >= 11 is 1.69. The summed E-state index contributed by atoms with van der Waals surface area (Å²) in [6.07, 6.45) is 2.19. The van der Waals surface area contributed by atoms with Crippen LogP contribution in [0.15, 0.2) is 5.38 Å². The Kier molecular flexibility index (Phi) is 3.91. The van der Waals surface area contributed by atoms with Gasteiger partial charge in [0.1, 0.15) is 0 Å². The lowest BCUT2D eigenvalue weighted by atomic mass is 9.96. The molecule has 1 aromatic heterocycles. The number of nitrogens with one attached hydrogen (secondary N) is 1. The minimum absolute atomic E-state index is 0.169. The zero-order valence-corrected chi connectivity index (χ0v) is 10.6. The van der Waals surface area contributed by atoms with Gasteiger partial charge >= 0.3 is 0 Å². The number of nitrogens with two attached hydrogens (primary N) is 1. The smallest absolute Gasteiger partial charge is 0.0945 e. The maximum absolute atomic E-state index is 5.73. The van der Waals surface area contributed by atoms with E-state index in [9.17, 15) is 0 Å². The molecule has 1 fully saturated rings. The van der Waals surface area contributed by atoms with Gasteiger partial charge in [-0.25, -0.2) is 4.98 Å². The van der Waals surface area contributed by atoms with Gasteiger partial charge in [0, 0.05) is 24.1 Å². The average Bonchev–Trinajstić information content (AvgIpc) is 2.84. The number of thiazole rings is 1. The average molecular weight is 241 g/mol. The summed E-state index contributed by atoms with van der Waals surface area (Å²) in [7, 11) is 0. The fraction of sp³-hybridized carbons (Fsp3) is 0.727. The lowest BCUT2D eigenvalue weighted by Crippen LogP contribution is -2.47. The van der Waals surface area contributed by atoms with Crippen LogP contribution >= 0.6 is 11.3 Å². The molecular formula is C11H19N3OS. The van der Waals surface area contributed by atoms with Crippen molar-refractivity contribution in [2.24, 2.45) is 11.8 Å². The molecule has 0 radical (unpaired) electrons. The Bertz CT molecular complexity index is 342. The lowest BCUT2D eigenvalue weighted by Gasteiger charge is -2.24. The minimum atomic E-state index is 0.169. The molecule has 0 aromatic carbocycles. The summed E-state index contributed by atoms with van der Waals surface area (Å²) in [5.74, 6) is 6.19. The molecular weight excluding hydrogens is 222 g/mol. The Labute approximate surface area is 100 Å². The van der Waals surface area contributed by atoms with Gasteiger partial charge in [0.2, 0.25) is 0 Å². The van der Waals surface area contributed by atoms with Crippen molar-refractivity contribution in [3.8, 4) is 0 Å². The third-order valence-corrected chi connectivity index (χ3v) is 4.11. The van der Waals surface area contributed by atoms with Gasteiger partial charge in [0.05, 0.1) is 17.2 Å². The summed E-state index contributed by atoms with van der Waals surface area (Å²) in [6.45, 7) is 5.08. The normalized spacial score (nSPS) is 27.2. The molecule has 2 heterocycles. The Morgan fingerprint density at radius 1 is 1.75 bits per heavy atom. The van der Waals surface area contributed by atoms with Crippen molar-refractivity contribution in [3.63, 3.8) is 0 Å². The number of aromatic nitrogens is 1. The second-order valence-corrected chi connectivity index (χ2v) is 5.40. The van der Waals surface area contributed by atoms with Gasteiger partial charge in [0.25, 0.3) is 0 Å². The predicted molar refractivity (Wildman–Crippen MR) is 65.2 cm³/mol. The highest BCUT2D eigenvalue weighted by molar-refractivity contribution is 7.09. The van der Waals surface area contributed by atoms with E-state index in [4.69, 9.17) is 10.6 Å². The van der Waals surface area contributed by atoms with Crippen molar-refractivity contribution in [1.82, 2.24) is 10.4 Å². The van der Waals surface area contributed by atoms with Crippen LogP contribution in [0, 0.1) is 12.8 Å². The van der Waals surface area contributed by atoms with E-state index in [0.29, 0.717) is 5.92 Å². The number of aryl methyl sites for hydroxylation is 1. The van der Waals surface area contributed by atoms with Crippen molar-refractivity contribution >= 4 is 11.3 Å². The van der Waals surface area contributed by atoms with Crippen LogP contribution in [0.3, 0.4) is 0 Å². The zero-order valence-electron chi connectivity index (χ0n) is 9.77. The molecule has 4 nitrogen and oxygen atoms in total. The number of hydrazine groups is 1. The van der Waals surface area contributed by atoms with Crippen LogP contribution in [0.25, 0.3) is 0 Å². The molecule has 3 N–H and O–H groups in total. The van der Waals surface area contributed by atoms with Crippen LogP contribution in [-0.4, -0.2) is 23.7 Å². The van der Waals surface area contributed by atoms with E-state index in [0.717, 1.165) is 30.2 Å². The fourth-order valence-electron chi connectivity index (χ4n) is 2.19. The molecule has 0 bridgehead atoms. The first kappa shape index (κ1) is 12.0. The van der Waals surface area contributed by atoms with Gasteiger partial charge in [-0.05, 0) is 19.3 Å². The van der Waals surface area contributed by atoms with Crippen molar-refractivity contribution in [3.05, 3.63) is 16.1 Å². The van der Waals surface area contributed by atoms with E-state index < -0.39 is 0 Å². The summed E-state index contributed by atoms with van der Waals surface area (Å²) in [4.78, 5) is 4.46. The van der Waals surface area contributed by atoms with E-state index >= 15 is 0 Å². The van der Waals surface area contributed by atoms with Crippen LogP contribution in [0.1, 0.15) is 24.0 Å². The molecule has 0 aliphatic carbocycles. The van der Waals surface area contributed by atoms with Crippen LogP contribution in [0.2, 0.25) is 0 Å². The number of nitrogens with zero attached hydrogens (tertiary/aromatic N) is 1. The molecule has 3 unspecified atom stereocenters. The van der Waals surface area contributed by atoms with Crippen LogP contribution in [0.5, 0.6) is 0 Å². The summed E-state index contributed by atoms with van der Waals surface area (Å²) < 4.78 is 5.73. The third-order valence-electron chi connectivity index (χ3n) is 3.12. The van der Waals surface area contributed by atoms with Gasteiger partial charge in [-0.1, -0.05) is 6.92 Å². The number of rotatable bonds is 4. The Morgan fingerprint density at radius 3 is 3.06 bits per heavy atom. The number of hydrogen-bond acceptors (Lipinski definition) is 5. The van der Waals surface area contributed by atoms with Gasteiger partial charge in [-0.15, -0.1) is 11.3 Å². The molecule has 1 aromatic rings. The Balaban J connectivity index is 2.00. The molecule has 0 saturated carbocycles. The van der Waals surface area contributed by atoms with Gasteiger partial charge in [0.15, 0.2) is 0 Å². The SMILES string of the molecule is Cc1csc(CC(NN)C2OCCC2C)n1. The first-order valence-electron chi connectivity index (χ1n) is 5.69. The lowest BCUT2D eigenvalue weighted by molar-refractivity contribution is 0.0610. The van der Waals surface area contributed by atoms with E-state index in [1.807, 2.05) is 6.92 Å². The van der Waals surface area contributed by atoms with Crippen LogP contribution in [0.4, 0.5) is 0 Å². The molecule has 0 spiro atoms. The predicted octanol–water partition coefficient (Wildman–Crippen LogP) is 1.25. The zero-order chi connectivity index (χ0) is 11.5. The Hall–Kier alpha value is -0.490. The molecule has 1 aliphatic heterocycles. The molecule has 3 atom stereocenters. The van der Waals surface area contributed by atoms with E-state index in [2.05, 4.69) is 22.7 Å². The molecule has 0 amide bonds. The van der Waals surface area contributed by atoms with Crippen LogP contribution in [-0.2, 0) is 11.2 Å². The topological polar surface area (TPSA) is 60.2 Å². The summed E-state index contributed by atoms with van der Waals surface area (Å²) in [5, 5.41) is 3.20. The van der Waals surface area contributed by atoms with Crippen molar-refractivity contribution in [1.29, 1.82) is 0 Å².